The number of aromatic nitrogens is 2. The Kier molecular flexibility index (Phi) is 4.69. The molecule has 0 fully saturated rings. The fourth-order valence-corrected chi connectivity index (χ4v) is 3.98. The van der Waals surface area contributed by atoms with Crippen LogP contribution in [-0.2, 0) is 0 Å². The lowest BCUT2D eigenvalue weighted by atomic mass is 9.97. The van der Waals surface area contributed by atoms with Gasteiger partial charge < -0.3 is 14.7 Å². The molecular formula is C24H28N2O. The largest absolute Gasteiger partial charge is 0.491 e. The van der Waals surface area contributed by atoms with Gasteiger partial charge in [-0.1, -0.05) is 51.1 Å². The molecule has 2 heterocycles. The molecule has 0 saturated carbocycles. The summed E-state index contributed by atoms with van der Waals surface area (Å²) in [6, 6.07) is 12.8. The van der Waals surface area contributed by atoms with Crippen molar-refractivity contribution in [1.29, 1.82) is 0 Å². The summed E-state index contributed by atoms with van der Waals surface area (Å²) in [5, 5.41) is 2.60. The van der Waals surface area contributed by atoms with E-state index < -0.39 is 0 Å². The van der Waals surface area contributed by atoms with Gasteiger partial charge in [-0.25, -0.2) is 0 Å². The van der Waals surface area contributed by atoms with Gasteiger partial charge in [0.05, 0.1) is 12.1 Å². The van der Waals surface area contributed by atoms with Gasteiger partial charge in [-0.3, -0.25) is 0 Å². The van der Waals surface area contributed by atoms with Crippen molar-refractivity contribution in [1.82, 2.24) is 9.97 Å². The normalized spacial score (nSPS) is 12.9. The number of benzene rings is 2. The van der Waals surface area contributed by atoms with Crippen LogP contribution in [0.1, 0.15) is 55.7 Å². The molecule has 2 aromatic carbocycles. The van der Waals surface area contributed by atoms with Crippen LogP contribution in [0, 0.1) is 6.92 Å². The Balaban J connectivity index is 1.48. The molecule has 0 saturated heterocycles. The fourth-order valence-electron chi connectivity index (χ4n) is 3.98. The van der Waals surface area contributed by atoms with E-state index in [0.29, 0.717) is 18.4 Å². The van der Waals surface area contributed by atoms with Crippen molar-refractivity contribution in [3.8, 4) is 5.75 Å². The molecule has 0 bridgehead atoms. The molecule has 0 aliphatic carbocycles. The highest BCUT2D eigenvalue weighted by Crippen LogP contribution is 2.32. The highest BCUT2D eigenvalue weighted by molar-refractivity contribution is 5.89. The molecule has 0 amide bonds. The number of hydrogen-bond donors (Lipinski definition) is 2. The van der Waals surface area contributed by atoms with Crippen molar-refractivity contribution in [3.63, 3.8) is 0 Å². The second kappa shape index (κ2) is 7.15. The van der Waals surface area contributed by atoms with Crippen LogP contribution in [0.3, 0.4) is 0 Å². The van der Waals surface area contributed by atoms with E-state index in [2.05, 4.69) is 86.5 Å². The summed E-state index contributed by atoms with van der Waals surface area (Å²) in [6.07, 6.45) is 5.25. The highest BCUT2D eigenvalue weighted by Gasteiger charge is 2.14. The standard InChI is InChI=1S/C24H28N2O/c1-15(2)20-13-26-24-18(20)9-6-10-22(24)27-12-11-16(3)21-14-25-23-17(4)7-5-8-19(21)23/h5-10,13-16,25-26H,11-12H2,1-4H3. The SMILES string of the molecule is Cc1cccc2c(C(C)CCOc3cccc4c(C(C)C)c[nH]c34)c[nH]c12. The van der Waals surface area contributed by atoms with Gasteiger partial charge in [-0.05, 0) is 47.9 Å². The number of aryl methyl sites for hydroxylation is 1. The summed E-state index contributed by atoms with van der Waals surface area (Å²) in [6.45, 7) is 9.58. The van der Waals surface area contributed by atoms with Crippen LogP contribution in [0.4, 0.5) is 0 Å². The molecule has 140 valence electrons. The monoisotopic (exact) mass is 360 g/mol. The van der Waals surface area contributed by atoms with Crippen molar-refractivity contribution in [2.45, 2.75) is 46.0 Å². The number of H-pyrrole nitrogens is 2. The minimum absolute atomic E-state index is 0.439. The minimum Gasteiger partial charge on any atom is -0.491 e. The van der Waals surface area contributed by atoms with Crippen LogP contribution in [0.5, 0.6) is 5.75 Å². The van der Waals surface area contributed by atoms with Crippen molar-refractivity contribution in [3.05, 3.63) is 65.5 Å². The second-order valence-corrected chi connectivity index (χ2v) is 7.86. The molecule has 4 rings (SSSR count). The van der Waals surface area contributed by atoms with Gasteiger partial charge in [0.1, 0.15) is 5.75 Å². The minimum atomic E-state index is 0.439. The van der Waals surface area contributed by atoms with Gasteiger partial charge in [-0.2, -0.15) is 0 Å². The molecule has 1 atom stereocenters. The van der Waals surface area contributed by atoms with Gasteiger partial charge >= 0.3 is 0 Å². The maximum Gasteiger partial charge on any atom is 0.143 e. The maximum absolute atomic E-state index is 6.18. The lowest BCUT2D eigenvalue weighted by molar-refractivity contribution is 0.304. The highest BCUT2D eigenvalue weighted by atomic mass is 16.5. The summed E-state index contributed by atoms with van der Waals surface area (Å²) in [7, 11) is 0. The molecule has 0 aliphatic rings. The van der Waals surface area contributed by atoms with Gasteiger partial charge in [-0.15, -0.1) is 0 Å². The number of hydrogen-bond acceptors (Lipinski definition) is 1. The lowest BCUT2D eigenvalue weighted by Crippen LogP contribution is -2.03. The first kappa shape index (κ1) is 17.7. The number of para-hydroxylation sites is 2. The fraction of sp³-hybridized carbons (Fsp3) is 0.333. The van der Waals surface area contributed by atoms with Crippen molar-refractivity contribution >= 4 is 21.8 Å². The maximum atomic E-state index is 6.18. The summed E-state index contributed by atoms with van der Waals surface area (Å²) in [4.78, 5) is 6.84. The van der Waals surface area contributed by atoms with E-state index in [0.717, 1.165) is 17.7 Å². The van der Waals surface area contributed by atoms with Crippen LogP contribution < -0.4 is 4.74 Å². The van der Waals surface area contributed by atoms with E-state index in [4.69, 9.17) is 4.74 Å². The van der Waals surface area contributed by atoms with Gasteiger partial charge in [0.2, 0.25) is 0 Å². The molecule has 4 aromatic rings. The molecule has 27 heavy (non-hydrogen) atoms. The van der Waals surface area contributed by atoms with Crippen LogP contribution in [0.2, 0.25) is 0 Å². The van der Waals surface area contributed by atoms with E-state index in [-0.39, 0.29) is 0 Å². The summed E-state index contributed by atoms with van der Waals surface area (Å²) < 4.78 is 6.18. The lowest BCUT2D eigenvalue weighted by Gasteiger charge is -2.13. The van der Waals surface area contributed by atoms with Gasteiger partial charge in [0, 0.05) is 28.7 Å². The van der Waals surface area contributed by atoms with E-state index in [1.807, 2.05) is 0 Å². The average molecular weight is 361 g/mol. The molecule has 3 nitrogen and oxygen atoms in total. The summed E-state index contributed by atoms with van der Waals surface area (Å²) in [5.74, 6) is 1.88. The Morgan fingerprint density at radius 3 is 2.30 bits per heavy atom. The second-order valence-electron chi connectivity index (χ2n) is 7.86. The Morgan fingerprint density at radius 2 is 1.52 bits per heavy atom. The molecule has 0 aliphatic heterocycles. The molecular weight excluding hydrogens is 332 g/mol. The van der Waals surface area contributed by atoms with E-state index in [1.54, 1.807) is 0 Å². The quantitative estimate of drug-likeness (QED) is 0.397. The molecule has 3 heteroatoms. The zero-order valence-electron chi connectivity index (χ0n) is 16.6. The Labute approximate surface area is 160 Å². The zero-order chi connectivity index (χ0) is 19.0. The third kappa shape index (κ3) is 3.23. The number of nitrogens with one attached hydrogen (secondary N) is 2. The number of rotatable bonds is 6. The first-order valence-corrected chi connectivity index (χ1v) is 9.85. The number of ether oxygens (including phenoxy) is 1. The Hall–Kier alpha value is -2.68. The van der Waals surface area contributed by atoms with Gasteiger partial charge in [0.15, 0.2) is 0 Å². The van der Waals surface area contributed by atoms with Crippen molar-refractivity contribution in [2.24, 2.45) is 0 Å². The predicted octanol–water partition coefficient (Wildman–Crippen LogP) is 6.65. The average Bonchev–Trinajstić information content (AvgIpc) is 3.27. The van der Waals surface area contributed by atoms with E-state index >= 15 is 0 Å². The van der Waals surface area contributed by atoms with Crippen molar-refractivity contribution in [2.75, 3.05) is 6.61 Å². The molecule has 1 unspecified atom stereocenters. The molecule has 0 radical (unpaired) electrons. The Morgan fingerprint density at radius 1 is 0.852 bits per heavy atom. The summed E-state index contributed by atoms with van der Waals surface area (Å²) >= 11 is 0. The van der Waals surface area contributed by atoms with E-state index in [1.165, 1.54) is 33.0 Å². The van der Waals surface area contributed by atoms with Crippen LogP contribution in [0.25, 0.3) is 21.8 Å². The van der Waals surface area contributed by atoms with E-state index in [9.17, 15) is 0 Å². The zero-order valence-corrected chi connectivity index (χ0v) is 16.6. The molecule has 2 aromatic heterocycles. The smallest absolute Gasteiger partial charge is 0.143 e. The topological polar surface area (TPSA) is 40.8 Å². The first-order valence-electron chi connectivity index (χ1n) is 9.85. The van der Waals surface area contributed by atoms with Crippen LogP contribution in [-0.4, -0.2) is 16.6 Å². The number of aromatic amines is 2. The third-order valence-corrected chi connectivity index (χ3v) is 5.63. The van der Waals surface area contributed by atoms with Crippen LogP contribution >= 0.6 is 0 Å². The number of fused-ring (bicyclic) bond motifs is 2. The van der Waals surface area contributed by atoms with Crippen molar-refractivity contribution < 1.29 is 4.74 Å². The Bertz CT molecular complexity index is 1070. The third-order valence-electron chi connectivity index (χ3n) is 5.63. The summed E-state index contributed by atoms with van der Waals surface area (Å²) in [5.41, 5.74) is 6.37. The molecule has 2 N–H and O–H groups in total. The molecule has 0 spiro atoms. The first-order chi connectivity index (χ1) is 13.1. The van der Waals surface area contributed by atoms with Gasteiger partial charge in [0.25, 0.3) is 0 Å². The predicted molar refractivity (Wildman–Crippen MR) is 114 cm³/mol. The van der Waals surface area contributed by atoms with Crippen LogP contribution in [0.15, 0.2) is 48.8 Å².